The lowest BCUT2D eigenvalue weighted by Gasteiger charge is -2.25. The minimum absolute atomic E-state index is 0.539. The Morgan fingerprint density at radius 1 is 1.23 bits per heavy atom. The second-order valence-electron chi connectivity index (χ2n) is 7.24. The highest BCUT2D eigenvalue weighted by molar-refractivity contribution is 5.78. The van der Waals surface area contributed by atoms with Crippen LogP contribution in [0, 0.1) is 6.92 Å². The fourth-order valence-corrected chi connectivity index (χ4v) is 4.08. The molecule has 4 heterocycles. The average molecular weight is 349 g/mol. The van der Waals surface area contributed by atoms with Gasteiger partial charge in [-0.3, -0.25) is 4.90 Å². The molecule has 0 aliphatic carbocycles. The van der Waals surface area contributed by atoms with Gasteiger partial charge in [0.1, 0.15) is 18.2 Å². The van der Waals surface area contributed by atoms with Crippen molar-refractivity contribution in [3.05, 3.63) is 42.2 Å². The highest BCUT2D eigenvalue weighted by Gasteiger charge is 2.24. The molecule has 0 unspecified atom stereocenters. The van der Waals surface area contributed by atoms with Crippen molar-refractivity contribution < 1.29 is 4.74 Å². The molecule has 5 rings (SSSR count). The summed E-state index contributed by atoms with van der Waals surface area (Å²) in [7, 11) is 0. The van der Waals surface area contributed by atoms with Gasteiger partial charge >= 0.3 is 0 Å². The molecule has 0 radical (unpaired) electrons. The maximum atomic E-state index is 6.10. The van der Waals surface area contributed by atoms with Gasteiger partial charge < -0.3 is 10.1 Å². The summed E-state index contributed by atoms with van der Waals surface area (Å²) in [5.74, 6) is 1.83. The van der Waals surface area contributed by atoms with Crippen LogP contribution < -0.4 is 10.1 Å². The highest BCUT2D eigenvalue weighted by atomic mass is 16.5. The average Bonchev–Trinajstić information content (AvgIpc) is 3.25. The molecule has 2 aromatic heterocycles. The van der Waals surface area contributed by atoms with E-state index in [4.69, 9.17) is 9.72 Å². The molecule has 0 saturated carbocycles. The number of fused-ring (bicyclic) bond motifs is 5. The van der Waals surface area contributed by atoms with E-state index in [0.717, 1.165) is 48.0 Å². The molecule has 6 heteroatoms. The van der Waals surface area contributed by atoms with Gasteiger partial charge in [0.2, 0.25) is 0 Å². The van der Waals surface area contributed by atoms with E-state index in [2.05, 4.69) is 40.4 Å². The summed E-state index contributed by atoms with van der Waals surface area (Å²) in [5.41, 5.74) is 4.17. The van der Waals surface area contributed by atoms with E-state index in [1.807, 2.05) is 23.0 Å². The van der Waals surface area contributed by atoms with Crippen LogP contribution in [0.3, 0.4) is 0 Å². The van der Waals surface area contributed by atoms with Gasteiger partial charge in [-0.05, 0) is 55.6 Å². The number of nitrogens with one attached hydrogen (secondary N) is 1. The largest absolute Gasteiger partial charge is 0.492 e. The lowest BCUT2D eigenvalue weighted by atomic mass is 10.1. The third-order valence-corrected chi connectivity index (χ3v) is 5.40. The lowest BCUT2D eigenvalue weighted by molar-refractivity contribution is 0.201. The van der Waals surface area contributed by atoms with Crippen LogP contribution in [0.1, 0.15) is 18.4 Å². The Balaban J connectivity index is 1.61. The maximum absolute atomic E-state index is 6.10. The number of rotatable bonds is 0. The molecule has 3 aromatic rings. The molecule has 0 amide bonds. The molecule has 2 aliphatic heterocycles. The van der Waals surface area contributed by atoms with Gasteiger partial charge in [-0.1, -0.05) is 6.07 Å². The number of nitrogens with zero attached hydrogens (tertiary/aromatic N) is 4. The molecule has 134 valence electrons. The third kappa shape index (κ3) is 2.80. The van der Waals surface area contributed by atoms with Crippen molar-refractivity contribution in [1.29, 1.82) is 0 Å². The van der Waals surface area contributed by atoms with E-state index in [9.17, 15) is 0 Å². The molecule has 1 aromatic carbocycles. The Hall–Kier alpha value is -2.60. The molecule has 6 nitrogen and oxygen atoms in total. The number of benzene rings is 1. The van der Waals surface area contributed by atoms with Gasteiger partial charge in [-0.15, -0.1) is 0 Å². The third-order valence-electron chi connectivity index (χ3n) is 5.40. The molecule has 26 heavy (non-hydrogen) atoms. The topological polar surface area (TPSA) is 54.7 Å². The summed E-state index contributed by atoms with van der Waals surface area (Å²) >= 11 is 0. The minimum Gasteiger partial charge on any atom is -0.492 e. The zero-order valence-corrected chi connectivity index (χ0v) is 15.0. The van der Waals surface area contributed by atoms with Crippen molar-refractivity contribution in [2.45, 2.75) is 25.8 Å². The lowest BCUT2D eigenvalue weighted by Crippen LogP contribution is -2.37. The quantitative estimate of drug-likeness (QED) is 0.676. The Bertz CT molecular complexity index is 951. The first-order chi connectivity index (χ1) is 12.8. The van der Waals surface area contributed by atoms with Crippen molar-refractivity contribution in [3.63, 3.8) is 0 Å². The predicted octanol–water partition coefficient (Wildman–Crippen LogP) is 2.97. The zero-order chi connectivity index (χ0) is 17.5. The summed E-state index contributed by atoms with van der Waals surface area (Å²) in [6.07, 6.45) is 6.33. The molecular formula is C20H23N5O. The molecule has 4 bridgehead atoms. The van der Waals surface area contributed by atoms with Crippen molar-refractivity contribution in [3.8, 4) is 16.9 Å². The van der Waals surface area contributed by atoms with E-state index in [1.54, 1.807) is 0 Å². The van der Waals surface area contributed by atoms with Crippen LogP contribution in [0.4, 0.5) is 5.82 Å². The van der Waals surface area contributed by atoms with Crippen LogP contribution in [0.15, 0.2) is 36.7 Å². The van der Waals surface area contributed by atoms with Crippen molar-refractivity contribution in [1.82, 2.24) is 19.5 Å². The van der Waals surface area contributed by atoms with E-state index in [-0.39, 0.29) is 0 Å². The Kier molecular flexibility index (Phi) is 3.78. The number of anilines is 1. The van der Waals surface area contributed by atoms with Crippen LogP contribution in [0.25, 0.3) is 16.8 Å². The fraction of sp³-hybridized carbons (Fsp3) is 0.400. The maximum Gasteiger partial charge on any atom is 0.165 e. The van der Waals surface area contributed by atoms with Crippen molar-refractivity contribution >= 4 is 11.5 Å². The highest BCUT2D eigenvalue weighted by Crippen LogP contribution is 2.29. The number of ether oxygens (including phenoxy) is 1. The molecule has 2 aliphatic rings. The molecular weight excluding hydrogens is 326 g/mol. The monoisotopic (exact) mass is 349 g/mol. The van der Waals surface area contributed by atoms with Gasteiger partial charge in [0.15, 0.2) is 5.65 Å². The van der Waals surface area contributed by atoms with Crippen LogP contribution >= 0.6 is 0 Å². The number of hydrogen-bond acceptors (Lipinski definition) is 5. The Morgan fingerprint density at radius 2 is 2.19 bits per heavy atom. The van der Waals surface area contributed by atoms with E-state index >= 15 is 0 Å². The van der Waals surface area contributed by atoms with E-state index in [1.165, 1.54) is 18.4 Å². The number of aryl methyl sites for hydroxylation is 1. The second-order valence-corrected chi connectivity index (χ2v) is 7.24. The Morgan fingerprint density at radius 3 is 3.15 bits per heavy atom. The summed E-state index contributed by atoms with van der Waals surface area (Å²) in [5, 5.41) is 7.99. The molecule has 1 fully saturated rings. The molecule has 1 atom stereocenters. The summed E-state index contributed by atoms with van der Waals surface area (Å²) in [4.78, 5) is 7.36. The van der Waals surface area contributed by atoms with E-state index < -0.39 is 0 Å². The van der Waals surface area contributed by atoms with Crippen molar-refractivity contribution in [2.75, 3.05) is 31.6 Å². The SMILES string of the molecule is Cc1cc2cc(c1)-c1cnn3ccc(nc13)NC[C@@H]1CCCN1CCO2. The van der Waals surface area contributed by atoms with Gasteiger partial charge in [0.05, 0.1) is 6.20 Å². The molecule has 1 saturated heterocycles. The zero-order valence-electron chi connectivity index (χ0n) is 15.0. The van der Waals surface area contributed by atoms with Gasteiger partial charge in [0.25, 0.3) is 0 Å². The van der Waals surface area contributed by atoms with Gasteiger partial charge in [-0.25, -0.2) is 9.50 Å². The normalized spacial score (nSPS) is 20.4. The molecule has 1 N–H and O–H groups in total. The first-order valence-electron chi connectivity index (χ1n) is 9.33. The summed E-state index contributed by atoms with van der Waals surface area (Å²) < 4.78 is 7.93. The summed E-state index contributed by atoms with van der Waals surface area (Å²) in [6.45, 7) is 5.83. The molecule has 0 spiro atoms. The van der Waals surface area contributed by atoms with Crippen LogP contribution in [-0.2, 0) is 0 Å². The predicted molar refractivity (Wildman–Crippen MR) is 102 cm³/mol. The second kappa shape index (κ2) is 6.29. The van der Waals surface area contributed by atoms with Crippen LogP contribution in [0.5, 0.6) is 5.75 Å². The first-order valence-corrected chi connectivity index (χ1v) is 9.33. The van der Waals surface area contributed by atoms with Gasteiger partial charge in [-0.2, -0.15) is 5.10 Å². The number of aromatic nitrogens is 3. The Labute approximate surface area is 152 Å². The van der Waals surface area contributed by atoms with E-state index in [0.29, 0.717) is 12.6 Å². The standard InChI is InChI=1S/C20H23N5O/c1-14-9-15-11-17(10-14)26-8-7-24-5-2-3-16(24)12-21-19-4-6-25-20(23-19)18(15)13-22-25/h4,6,9-11,13,16H,2-3,5,7-8,12H2,1H3,(H,21,23)/t16-/m0/s1. The van der Waals surface area contributed by atoms with Gasteiger partial charge in [0, 0.05) is 30.9 Å². The summed E-state index contributed by atoms with van der Waals surface area (Å²) in [6, 6.07) is 8.90. The smallest absolute Gasteiger partial charge is 0.165 e. The van der Waals surface area contributed by atoms with Crippen LogP contribution in [0.2, 0.25) is 0 Å². The number of hydrogen-bond donors (Lipinski definition) is 1. The fourth-order valence-electron chi connectivity index (χ4n) is 4.08. The van der Waals surface area contributed by atoms with Crippen molar-refractivity contribution in [2.24, 2.45) is 0 Å². The minimum atomic E-state index is 0.539. The first kappa shape index (κ1) is 15.6. The van der Waals surface area contributed by atoms with Crippen LogP contribution in [-0.4, -0.2) is 51.8 Å².